The van der Waals surface area contributed by atoms with Crippen molar-refractivity contribution in [2.24, 2.45) is 11.7 Å². The summed E-state index contributed by atoms with van der Waals surface area (Å²) in [6, 6.07) is -0.449. The van der Waals surface area contributed by atoms with Crippen LogP contribution in [0.3, 0.4) is 0 Å². The average Bonchev–Trinajstić information content (AvgIpc) is 2.85. The highest BCUT2D eigenvalue weighted by molar-refractivity contribution is 5.85. The van der Waals surface area contributed by atoms with Gasteiger partial charge in [0.2, 0.25) is 11.8 Å². The molecule has 1 aliphatic heterocycles. The Morgan fingerprint density at radius 2 is 1.72 bits per heavy atom. The lowest BCUT2D eigenvalue weighted by Gasteiger charge is -2.36. The van der Waals surface area contributed by atoms with E-state index in [9.17, 15) is 9.59 Å². The summed E-state index contributed by atoms with van der Waals surface area (Å²) in [6.45, 7) is 9.93. The first-order valence-corrected chi connectivity index (χ1v) is 8.53. The molecule has 8 heteroatoms. The number of halogens is 1. The molecule has 1 fully saturated rings. The van der Waals surface area contributed by atoms with Crippen LogP contribution in [0.1, 0.15) is 37.3 Å². The van der Waals surface area contributed by atoms with Crippen LogP contribution >= 0.6 is 12.4 Å². The first-order valence-electron chi connectivity index (χ1n) is 8.53. The summed E-state index contributed by atoms with van der Waals surface area (Å²) >= 11 is 0. The van der Waals surface area contributed by atoms with Gasteiger partial charge in [-0.15, -0.1) is 12.4 Å². The van der Waals surface area contributed by atoms with E-state index < -0.39 is 6.04 Å². The fourth-order valence-corrected chi connectivity index (χ4v) is 3.04. The zero-order valence-corrected chi connectivity index (χ0v) is 16.3. The second-order valence-corrected chi connectivity index (χ2v) is 6.92. The first kappa shape index (κ1) is 21.4. The molecule has 0 aromatic carbocycles. The largest absolute Gasteiger partial charge is 0.361 e. The van der Waals surface area contributed by atoms with Crippen molar-refractivity contribution in [3.63, 3.8) is 0 Å². The smallest absolute Gasteiger partial charge is 0.239 e. The van der Waals surface area contributed by atoms with Gasteiger partial charge in [-0.05, 0) is 26.2 Å². The minimum atomic E-state index is -0.449. The Balaban J connectivity index is 0.00000312. The molecule has 0 radical (unpaired) electrons. The number of piperazine rings is 1. The lowest BCUT2D eigenvalue weighted by molar-refractivity contribution is -0.140. The normalized spacial score (nSPS) is 15.9. The van der Waals surface area contributed by atoms with Crippen molar-refractivity contribution < 1.29 is 14.1 Å². The van der Waals surface area contributed by atoms with Crippen molar-refractivity contribution in [2.75, 3.05) is 26.2 Å². The summed E-state index contributed by atoms with van der Waals surface area (Å²) in [5.74, 6) is 1.11. The van der Waals surface area contributed by atoms with Gasteiger partial charge in [0.25, 0.3) is 0 Å². The molecule has 0 aliphatic carbocycles. The van der Waals surface area contributed by atoms with Crippen molar-refractivity contribution in [1.82, 2.24) is 15.0 Å². The number of aryl methyl sites for hydroxylation is 2. The van der Waals surface area contributed by atoms with E-state index in [1.54, 1.807) is 9.80 Å². The number of rotatable bonds is 5. The van der Waals surface area contributed by atoms with Crippen LogP contribution in [-0.2, 0) is 16.0 Å². The molecule has 1 aromatic heterocycles. The molecule has 0 bridgehead atoms. The van der Waals surface area contributed by atoms with Crippen LogP contribution < -0.4 is 5.73 Å². The predicted octanol–water partition coefficient (Wildman–Crippen LogP) is 1.30. The molecule has 0 unspecified atom stereocenters. The molecule has 2 rings (SSSR count). The molecule has 2 amide bonds. The minimum absolute atomic E-state index is 0. The van der Waals surface area contributed by atoms with Gasteiger partial charge in [0.15, 0.2) is 0 Å². The maximum absolute atomic E-state index is 12.5. The van der Waals surface area contributed by atoms with Gasteiger partial charge in [-0.1, -0.05) is 19.0 Å². The fourth-order valence-electron chi connectivity index (χ4n) is 3.04. The fraction of sp³-hybridized carbons (Fsp3) is 0.706. The summed E-state index contributed by atoms with van der Waals surface area (Å²) in [5.41, 5.74) is 7.60. The zero-order valence-electron chi connectivity index (χ0n) is 15.4. The Morgan fingerprint density at radius 3 is 2.20 bits per heavy atom. The van der Waals surface area contributed by atoms with Crippen LogP contribution in [0.5, 0.6) is 0 Å². The number of hydrogen-bond acceptors (Lipinski definition) is 5. The third kappa shape index (κ3) is 5.44. The Hall–Kier alpha value is -1.60. The number of aromatic nitrogens is 1. The molecule has 2 N–H and O–H groups in total. The lowest BCUT2D eigenvalue weighted by Crippen LogP contribution is -2.54. The molecule has 0 saturated carbocycles. The lowest BCUT2D eigenvalue weighted by atomic mass is 10.0. The zero-order chi connectivity index (χ0) is 17.9. The van der Waals surface area contributed by atoms with Crippen LogP contribution in [0.25, 0.3) is 0 Å². The van der Waals surface area contributed by atoms with Crippen LogP contribution in [0, 0.1) is 19.8 Å². The van der Waals surface area contributed by atoms with E-state index in [2.05, 4.69) is 19.0 Å². The number of hydrogen-bond donors (Lipinski definition) is 1. The number of amides is 2. The molecule has 142 valence electrons. The molecule has 1 aliphatic rings. The Kier molecular flexibility index (Phi) is 7.89. The summed E-state index contributed by atoms with van der Waals surface area (Å²) in [4.78, 5) is 28.4. The summed E-state index contributed by atoms with van der Waals surface area (Å²) in [6.07, 6.45) is 0.978. The van der Waals surface area contributed by atoms with E-state index in [0.717, 1.165) is 11.3 Å². The van der Waals surface area contributed by atoms with Gasteiger partial charge in [-0.2, -0.15) is 0 Å². The quantitative estimate of drug-likeness (QED) is 0.840. The summed E-state index contributed by atoms with van der Waals surface area (Å²) < 4.78 is 5.10. The Labute approximate surface area is 155 Å². The van der Waals surface area contributed by atoms with Crippen LogP contribution in [0.2, 0.25) is 0 Å². The van der Waals surface area contributed by atoms with E-state index in [1.807, 2.05) is 13.8 Å². The van der Waals surface area contributed by atoms with Crippen LogP contribution in [0.4, 0.5) is 0 Å². The molecule has 7 nitrogen and oxygen atoms in total. The van der Waals surface area contributed by atoms with Crippen LogP contribution in [0.15, 0.2) is 4.52 Å². The molecule has 25 heavy (non-hydrogen) atoms. The topological polar surface area (TPSA) is 92.7 Å². The van der Waals surface area contributed by atoms with Gasteiger partial charge in [-0.25, -0.2) is 0 Å². The number of carbonyl (C=O) groups excluding carboxylic acids is 2. The van der Waals surface area contributed by atoms with Crippen molar-refractivity contribution in [3.8, 4) is 0 Å². The van der Waals surface area contributed by atoms with Gasteiger partial charge >= 0.3 is 0 Å². The average molecular weight is 373 g/mol. The highest BCUT2D eigenvalue weighted by Gasteiger charge is 2.28. The van der Waals surface area contributed by atoms with Gasteiger partial charge in [0.05, 0.1) is 18.2 Å². The number of nitrogens with two attached hydrogens (primary N) is 1. The van der Waals surface area contributed by atoms with Gasteiger partial charge in [0.1, 0.15) is 5.76 Å². The SMILES string of the molecule is Cc1noc(C)c1CC(=O)N1CCN(C(=O)[C@@H](N)CC(C)C)CC1.Cl. The van der Waals surface area contributed by atoms with Gasteiger partial charge in [0, 0.05) is 31.7 Å². The Bertz CT molecular complexity index is 575. The molecule has 1 aromatic rings. The van der Waals surface area contributed by atoms with Crippen molar-refractivity contribution >= 4 is 24.2 Å². The molecule has 1 atom stereocenters. The monoisotopic (exact) mass is 372 g/mol. The van der Waals surface area contributed by atoms with E-state index in [4.69, 9.17) is 10.3 Å². The van der Waals surface area contributed by atoms with E-state index in [0.29, 0.717) is 50.7 Å². The third-order valence-electron chi connectivity index (χ3n) is 4.50. The third-order valence-corrected chi connectivity index (χ3v) is 4.50. The van der Waals surface area contributed by atoms with Gasteiger partial charge < -0.3 is 20.1 Å². The van der Waals surface area contributed by atoms with E-state index >= 15 is 0 Å². The second kappa shape index (κ2) is 9.20. The van der Waals surface area contributed by atoms with E-state index in [1.165, 1.54) is 0 Å². The van der Waals surface area contributed by atoms with Crippen molar-refractivity contribution in [1.29, 1.82) is 0 Å². The first-order chi connectivity index (χ1) is 11.3. The summed E-state index contributed by atoms with van der Waals surface area (Å²) in [5, 5.41) is 3.88. The van der Waals surface area contributed by atoms with Gasteiger partial charge in [-0.3, -0.25) is 9.59 Å². The highest BCUT2D eigenvalue weighted by atomic mass is 35.5. The Morgan fingerprint density at radius 1 is 1.16 bits per heavy atom. The highest BCUT2D eigenvalue weighted by Crippen LogP contribution is 2.15. The molecular weight excluding hydrogens is 344 g/mol. The second-order valence-electron chi connectivity index (χ2n) is 6.92. The van der Waals surface area contributed by atoms with Crippen LogP contribution in [-0.4, -0.2) is 59.0 Å². The minimum Gasteiger partial charge on any atom is -0.361 e. The van der Waals surface area contributed by atoms with Crippen molar-refractivity contribution in [3.05, 3.63) is 17.0 Å². The molecule has 2 heterocycles. The predicted molar refractivity (Wildman–Crippen MR) is 97.5 cm³/mol. The number of carbonyl (C=O) groups is 2. The maximum Gasteiger partial charge on any atom is 0.239 e. The molecular formula is C17H29ClN4O3. The maximum atomic E-state index is 12.5. The molecule has 1 saturated heterocycles. The summed E-state index contributed by atoms with van der Waals surface area (Å²) in [7, 11) is 0. The van der Waals surface area contributed by atoms with Crippen molar-refractivity contribution in [2.45, 2.75) is 46.6 Å². The standard InChI is InChI=1S/C17H28N4O3.ClH/c1-11(2)9-15(18)17(23)21-7-5-20(6-8-21)16(22)10-14-12(3)19-24-13(14)4;/h11,15H,5-10,18H2,1-4H3;1H/t15-;/m0./s1. The molecule has 0 spiro atoms. The van der Waals surface area contributed by atoms with E-state index in [-0.39, 0.29) is 24.2 Å². The number of nitrogens with zero attached hydrogens (tertiary/aromatic N) is 3.